The smallest absolute Gasteiger partial charge is 0.217 e. The van der Waals surface area contributed by atoms with Gasteiger partial charge in [0, 0.05) is 13.5 Å². The van der Waals surface area contributed by atoms with Gasteiger partial charge in [-0.2, -0.15) is 0 Å². The zero-order valence-corrected chi connectivity index (χ0v) is 7.83. The molecule has 1 aliphatic heterocycles. The van der Waals surface area contributed by atoms with Crippen molar-refractivity contribution in [3.05, 3.63) is 11.8 Å². The number of nitrogens with one attached hydrogen (secondary N) is 2. The van der Waals surface area contributed by atoms with Crippen molar-refractivity contribution in [1.82, 2.24) is 10.6 Å². The summed E-state index contributed by atoms with van der Waals surface area (Å²) in [5.74, 6) is 0.0790. The summed E-state index contributed by atoms with van der Waals surface area (Å²) in [4.78, 5) is 10.8. The van der Waals surface area contributed by atoms with Gasteiger partial charge in [0.25, 0.3) is 0 Å². The Hall–Kier alpha value is -0.700. The zero-order valence-electron chi connectivity index (χ0n) is 7.02. The van der Waals surface area contributed by atoms with Crippen LogP contribution in [0.25, 0.3) is 0 Å². The van der Waals surface area contributed by atoms with Gasteiger partial charge >= 0.3 is 0 Å². The molecule has 0 radical (unpaired) electrons. The monoisotopic (exact) mass is 188 g/mol. The van der Waals surface area contributed by atoms with E-state index in [1.807, 2.05) is 6.20 Å². The van der Waals surface area contributed by atoms with E-state index in [0.717, 1.165) is 19.4 Å². The molecule has 2 rings (SSSR count). The van der Waals surface area contributed by atoms with Crippen LogP contribution in [0, 0.1) is 0 Å². The lowest BCUT2D eigenvalue weighted by Crippen LogP contribution is -2.43. The van der Waals surface area contributed by atoms with E-state index in [-0.39, 0.29) is 23.9 Å². The quantitative estimate of drug-likeness (QED) is 0.665. The van der Waals surface area contributed by atoms with Crippen molar-refractivity contribution in [1.29, 1.82) is 0 Å². The lowest BCUT2D eigenvalue weighted by molar-refractivity contribution is -0.119. The molecule has 0 spiro atoms. The van der Waals surface area contributed by atoms with E-state index in [1.54, 1.807) is 6.92 Å². The summed E-state index contributed by atoms with van der Waals surface area (Å²) in [5.41, 5.74) is 1.42. The third-order valence-electron chi connectivity index (χ3n) is 2.35. The fraction of sp³-hybridized carbons (Fsp3) is 0.625. The highest BCUT2D eigenvalue weighted by Gasteiger charge is 2.47. The van der Waals surface area contributed by atoms with Crippen LogP contribution in [0.1, 0.15) is 19.8 Å². The minimum absolute atomic E-state index is 0. The molecule has 1 heterocycles. The second-order valence-electron chi connectivity index (χ2n) is 3.31. The predicted octanol–water partition coefficient (Wildman–Crippen LogP) is 0.564. The molecular weight excluding hydrogens is 176 g/mol. The molecular formula is C8H13ClN2O. The van der Waals surface area contributed by atoms with Crippen LogP contribution in [0.5, 0.6) is 0 Å². The zero-order chi connectivity index (χ0) is 7.90. The molecule has 1 amide bonds. The Labute approximate surface area is 78.0 Å². The largest absolute Gasteiger partial charge is 0.387 e. The Morgan fingerprint density at radius 1 is 1.67 bits per heavy atom. The molecule has 3 nitrogen and oxygen atoms in total. The van der Waals surface area contributed by atoms with Gasteiger partial charge in [-0.15, -0.1) is 12.4 Å². The van der Waals surface area contributed by atoms with Crippen molar-refractivity contribution >= 4 is 18.3 Å². The Morgan fingerprint density at radius 2 is 2.25 bits per heavy atom. The van der Waals surface area contributed by atoms with Crippen LogP contribution in [0.3, 0.4) is 0 Å². The van der Waals surface area contributed by atoms with Crippen molar-refractivity contribution in [2.45, 2.75) is 25.3 Å². The van der Waals surface area contributed by atoms with Crippen molar-refractivity contribution in [2.75, 3.05) is 6.54 Å². The fourth-order valence-corrected chi connectivity index (χ4v) is 1.50. The van der Waals surface area contributed by atoms with Gasteiger partial charge in [0.15, 0.2) is 0 Å². The van der Waals surface area contributed by atoms with Crippen LogP contribution in [-0.4, -0.2) is 18.0 Å². The Balaban J connectivity index is 0.000000720. The predicted molar refractivity (Wildman–Crippen MR) is 49.1 cm³/mol. The number of carbonyl (C=O) groups is 1. The maximum atomic E-state index is 10.8. The number of halogens is 1. The summed E-state index contributed by atoms with van der Waals surface area (Å²) >= 11 is 0. The Morgan fingerprint density at radius 3 is 2.50 bits per heavy atom. The van der Waals surface area contributed by atoms with E-state index < -0.39 is 0 Å². The normalized spacial score (nSPS) is 22.2. The molecule has 0 aromatic heterocycles. The molecule has 1 saturated carbocycles. The van der Waals surface area contributed by atoms with E-state index in [9.17, 15) is 4.79 Å². The maximum Gasteiger partial charge on any atom is 0.217 e. The first-order valence-electron chi connectivity index (χ1n) is 3.95. The van der Waals surface area contributed by atoms with Crippen LogP contribution in [0.15, 0.2) is 11.8 Å². The van der Waals surface area contributed by atoms with Crippen molar-refractivity contribution in [2.24, 2.45) is 0 Å². The SMILES string of the molecule is CC(=O)NC1(C2=CNC2)CC1.Cl. The number of amides is 1. The van der Waals surface area contributed by atoms with Gasteiger partial charge in [-0.3, -0.25) is 4.79 Å². The fourth-order valence-electron chi connectivity index (χ4n) is 1.50. The minimum Gasteiger partial charge on any atom is -0.387 e. The molecule has 1 fully saturated rings. The van der Waals surface area contributed by atoms with Crippen molar-refractivity contribution in [3.8, 4) is 0 Å². The first-order valence-corrected chi connectivity index (χ1v) is 3.95. The van der Waals surface area contributed by atoms with Crippen molar-refractivity contribution < 1.29 is 4.79 Å². The molecule has 0 unspecified atom stereocenters. The molecule has 4 heteroatoms. The van der Waals surface area contributed by atoms with Gasteiger partial charge in [0.1, 0.15) is 0 Å². The average molecular weight is 189 g/mol. The summed E-state index contributed by atoms with van der Waals surface area (Å²) in [6, 6.07) is 0. The van der Waals surface area contributed by atoms with E-state index >= 15 is 0 Å². The molecule has 68 valence electrons. The first-order chi connectivity index (χ1) is 5.23. The highest BCUT2D eigenvalue weighted by molar-refractivity contribution is 5.85. The summed E-state index contributed by atoms with van der Waals surface area (Å²) < 4.78 is 0. The van der Waals surface area contributed by atoms with Crippen LogP contribution in [0.4, 0.5) is 0 Å². The highest BCUT2D eigenvalue weighted by Crippen LogP contribution is 2.43. The van der Waals surface area contributed by atoms with Crippen LogP contribution < -0.4 is 10.6 Å². The average Bonchev–Trinajstić information content (AvgIpc) is 2.40. The lowest BCUT2D eigenvalue weighted by Gasteiger charge is -2.26. The summed E-state index contributed by atoms with van der Waals surface area (Å²) in [5, 5.41) is 6.05. The van der Waals surface area contributed by atoms with Crippen molar-refractivity contribution in [3.63, 3.8) is 0 Å². The molecule has 12 heavy (non-hydrogen) atoms. The van der Waals surface area contributed by atoms with Gasteiger partial charge in [0.05, 0.1) is 5.54 Å². The van der Waals surface area contributed by atoms with E-state index in [1.165, 1.54) is 5.57 Å². The van der Waals surface area contributed by atoms with Gasteiger partial charge < -0.3 is 10.6 Å². The van der Waals surface area contributed by atoms with Gasteiger partial charge in [-0.05, 0) is 24.6 Å². The Kier molecular flexibility index (Phi) is 2.33. The highest BCUT2D eigenvalue weighted by atomic mass is 35.5. The van der Waals surface area contributed by atoms with E-state index in [0.29, 0.717) is 0 Å². The number of hydrogen-bond donors (Lipinski definition) is 2. The standard InChI is InChI=1S/C8H12N2O.ClH/c1-6(11)10-8(2-3-8)7-4-9-5-7;/h4,9H,2-3,5H2,1H3,(H,10,11);1H. The number of rotatable bonds is 2. The van der Waals surface area contributed by atoms with E-state index in [4.69, 9.17) is 0 Å². The molecule has 0 atom stereocenters. The summed E-state index contributed by atoms with van der Waals surface area (Å²) in [7, 11) is 0. The van der Waals surface area contributed by atoms with Crippen LogP contribution in [0.2, 0.25) is 0 Å². The first kappa shape index (κ1) is 9.39. The molecule has 2 N–H and O–H groups in total. The molecule has 0 saturated heterocycles. The molecule has 1 aliphatic carbocycles. The maximum absolute atomic E-state index is 10.8. The van der Waals surface area contributed by atoms with Crippen LogP contribution in [-0.2, 0) is 4.79 Å². The molecule has 0 aromatic carbocycles. The van der Waals surface area contributed by atoms with Crippen LogP contribution >= 0.6 is 12.4 Å². The minimum atomic E-state index is 0. The molecule has 0 bridgehead atoms. The topological polar surface area (TPSA) is 41.1 Å². The molecule has 2 aliphatic rings. The second-order valence-corrected chi connectivity index (χ2v) is 3.31. The van der Waals surface area contributed by atoms with Gasteiger partial charge in [0.2, 0.25) is 5.91 Å². The van der Waals surface area contributed by atoms with E-state index in [2.05, 4.69) is 10.6 Å². The second kappa shape index (κ2) is 2.98. The summed E-state index contributed by atoms with van der Waals surface area (Å²) in [6.45, 7) is 2.52. The number of hydrogen-bond acceptors (Lipinski definition) is 2. The summed E-state index contributed by atoms with van der Waals surface area (Å²) in [6.07, 6.45) is 4.23. The van der Waals surface area contributed by atoms with Gasteiger partial charge in [-0.1, -0.05) is 0 Å². The molecule has 0 aromatic rings. The van der Waals surface area contributed by atoms with Gasteiger partial charge in [-0.25, -0.2) is 0 Å². The Bertz CT molecular complexity index is 233. The third kappa shape index (κ3) is 1.41. The third-order valence-corrected chi connectivity index (χ3v) is 2.35. The number of carbonyl (C=O) groups excluding carboxylic acids is 1. The lowest BCUT2D eigenvalue weighted by atomic mass is 10.0.